The summed E-state index contributed by atoms with van der Waals surface area (Å²) >= 11 is 0. The number of carbonyl (C=O) groups is 1. The number of amides is 1. The summed E-state index contributed by atoms with van der Waals surface area (Å²) in [5.74, 6) is 0.399. The van der Waals surface area contributed by atoms with Crippen molar-refractivity contribution in [2.45, 2.75) is 26.2 Å². The van der Waals surface area contributed by atoms with Crippen molar-refractivity contribution in [2.24, 2.45) is 0 Å². The first-order chi connectivity index (χ1) is 10.7. The van der Waals surface area contributed by atoms with Gasteiger partial charge >= 0.3 is 6.09 Å². The molecule has 1 amide bonds. The van der Waals surface area contributed by atoms with Gasteiger partial charge in [-0.2, -0.15) is 5.26 Å². The van der Waals surface area contributed by atoms with Gasteiger partial charge in [-0.25, -0.2) is 4.79 Å². The van der Waals surface area contributed by atoms with Gasteiger partial charge in [0, 0.05) is 5.69 Å². The number of hydrogen-bond acceptors (Lipinski definition) is 3. The molecule has 0 heterocycles. The third-order valence-corrected chi connectivity index (χ3v) is 3.21. The quantitative estimate of drug-likeness (QED) is 0.882. The third-order valence-electron chi connectivity index (χ3n) is 3.21. The van der Waals surface area contributed by atoms with Crippen LogP contribution in [0.5, 0.6) is 5.75 Å². The van der Waals surface area contributed by atoms with Crippen LogP contribution in [0, 0.1) is 11.3 Å². The summed E-state index contributed by atoms with van der Waals surface area (Å²) in [5, 5.41) is 11.4. The lowest BCUT2D eigenvalue weighted by molar-refractivity contribution is 0.215. The standard InChI is InChI=1S/C18H18N2O2/c1-2-3-4-14-5-9-16(10-6-14)20-18(21)22-17-11-7-15(13-19)8-12-17/h5-12H,2-4H2,1H3,(H,20,21). The highest BCUT2D eigenvalue weighted by Crippen LogP contribution is 2.15. The number of rotatable bonds is 5. The zero-order valence-electron chi connectivity index (χ0n) is 12.5. The monoisotopic (exact) mass is 294 g/mol. The Morgan fingerprint density at radius 2 is 1.82 bits per heavy atom. The Labute approximate surface area is 130 Å². The number of benzene rings is 2. The second kappa shape index (κ2) is 7.84. The fourth-order valence-electron chi connectivity index (χ4n) is 1.98. The molecule has 0 saturated heterocycles. The van der Waals surface area contributed by atoms with Crippen LogP contribution < -0.4 is 10.1 Å². The summed E-state index contributed by atoms with van der Waals surface area (Å²) in [7, 11) is 0. The fraction of sp³-hybridized carbons (Fsp3) is 0.222. The number of carbonyl (C=O) groups excluding carboxylic acids is 1. The normalized spacial score (nSPS) is 9.82. The number of nitrogens with zero attached hydrogens (tertiary/aromatic N) is 1. The van der Waals surface area contributed by atoms with Gasteiger partial charge < -0.3 is 4.74 Å². The Balaban J connectivity index is 1.89. The van der Waals surface area contributed by atoms with Gasteiger partial charge in [-0.05, 0) is 54.8 Å². The molecule has 0 unspecified atom stereocenters. The molecule has 0 fully saturated rings. The lowest BCUT2D eigenvalue weighted by atomic mass is 10.1. The highest BCUT2D eigenvalue weighted by Gasteiger charge is 2.05. The van der Waals surface area contributed by atoms with Gasteiger partial charge in [0.15, 0.2) is 0 Å². The number of ether oxygens (including phenoxy) is 1. The SMILES string of the molecule is CCCCc1ccc(NC(=O)Oc2ccc(C#N)cc2)cc1. The Hall–Kier alpha value is -2.80. The minimum atomic E-state index is -0.550. The predicted octanol–water partition coefficient (Wildman–Crippen LogP) is 4.51. The summed E-state index contributed by atoms with van der Waals surface area (Å²) in [6.45, 7) is 2.16. The molecule has 0 atom stereocenters. The van der Waals surface area contributed by atoms with Crippen molar-refractivity contribution in [3.05, 3.63) is 59.7 Å². The Bertz CT molecular complexity index is 655. The lowest BCUT2D eigenvalue weighted by Gasteiger charge is -2.07. The summed E-state index contributed by atoms with van der Waals surface area (Å²) in [6.07, 6.45) is 2.82. The van der Waals surface area contributed by atoms with Gasteiger partial charge in [-0.3, -0.25) is 5.32 Å². The number of hydrogen-bond donors (Lipinski definition) is 1. The lowest BCUT2D eigenvalue weighted by Crippen LogP contribution is -2.16. The molecule has 0 aliphatic heterocycles. The predicted molar refractivity (Wildman–Crippen MR) is 85.9 cm³/mol. The molecular weight excluding hydrogens is 276 g/mol. The van der Waals surface area contributed by atoms with Crippen molar-refractivity contribution in [2.75, 3.05) is 5.32 Å². The van der Waals surface area contributed by atoms with E-state index in [0.717, 1.165) is 19.3 Å². The maximum atomic E-state index is 11.8. The average Bonchev–Trinajstić information content (AvgIpc) is 2.55. The number of aryl methyl sites for hydroxylation is 1. The molecule has 2 rings (SSSR count). The molecule has 0 spiro atoms. The van der Waals surface area contributed by atoms with E-state index in [-0.39, 0.29) is 0 Å². The molecule has 112 valence electrons. The largest absolute Gasteiger partial charge is 0.417 e. The number of nitrogens with one attached hydrogen (secondary N) is 1. The van der Waals surface area contributed by atoms with Crippen LogP contribution in [0.2, 0.25) is 0 Å². The first-order valence-electron chi connectivity index (χ1n) is 7.29. The number of anilines is 1. The van der Waals surface area contributed by atoms with Crippen LogP contribution in [0.4, 0.5) is 10.5 Å². The van der Waals surface area contributed by atoms with E-state index >= 15 is 0 Å². The van der Waals surface area contributed by atoms with Crippen molar-refractivity contribution >= 4 is 11.8 Å². The minimum Gasteiger partial charge on any atom is -0.410 e. The van der Waals surface area contributed by atoms with Crippen LogP contribution in [-0.2, 0) is 6.42 Å². The number of nitriles is 1. The van der Waals surface area contributed by atoms with Crippen molar-refractivity contribution in [1.29, 1.82) is 5.26 Å². The maximum absolute atomic E-state index is 11.8. The third kappa shape index (κ3) is 4.64. The van der Waals surface area contributed by atoms with Gasteiger partial charge in [0.1, 0.15) is 5.75 Å². The Morgan fingerprint density at radius 1 is 1.14 bits per heavy atom. The molecule has 0 aliphatic carbocycles. The number of unbranched alkanes of at least 4 members (excludes halogenated alkanes) is 1. The molecule has 0 aliphatic rings. The maximum Gasteiger partial charge on any atom is 0.417 e. The molecule has 0 saturated carbocycles. The molecule has 22 heavy (non-hydrogen) atoms. The topological polar surface area (TPSA) is 62.1 Å². The zero-order chi connectivity index (χ0) is 15.8. The first-order valence-corrected chi connectivity index (χ1v) is 7.29. The van der Waals surface area contributed by atoms with Gasteiger partial charge in [-0.15, -0.1) is 0 Å². The molecule has 0 aromatic heterocycles. The van der Waals surface area contributed by atoms with Crippen molar-refractivity contribution in [1.82, 2.24) is 0 Å². The molecule has 4 heteroatoms. The molecule has 0 bridgehead atoms. The molecule has 0 radical (unpaired) electrons. The van der Waals surface area contributed by atoms with E-state index in [1.54, 1.807) is 24.3 Å². The highest BCUT2D eigenvalue weighted by atomic mass is 16.6. The second-order valence-electron chi connectivity index (χ2n) is 4.95. The van der Waals surface area contributed by atoms with Crippen LogP contribution >= 0.6 is 0 Å². The van der Waals surface area contributed by atoms with E-state index in [0.29, 0.717) is 17.0 Å². The smallest absolute Gasteiger partial charge is 0.410 e. The molecular formula is C18H18N2O2. The van der Waals surface area contributed by atoms with E-state index in [9.17, 15) is 4.79 Å². The Morgan fingerprint density at radius 3 is 2.41 bits per heavy atom. The second-order valence-corrected chi connectivity index (χ2v) is 4.95. The first kappa shape index (κ1) is 15.6. The summed E-state index contributed by atoms with van der Waals surface area (Å²) in [4.78, 5) is 11.8. The highest BCUT2D eigenvalue weighted by molar-refractivity contribution is 5.86. The van der Waals surface area contributed by atoms with Crippen LogP contribution in [0.3, 0.4) is 0 Å². The fourth-order valence-corrected chi connectivity index (χ4v) is 1.98. The van der Waals surface area contributed by atoms with Gasteiger partial charge in [0.25, 0.3) is 0 Å². The van der Waals surface area contributed by atoms with Crippen molar-refractivity contribution < 1.29 is 9.53 Å². The molecule has 2 aromatic carbocycles. The Kier molecular flexibility index (Phi) is 5.56. The van der Waals surface area contributed by atoms with Crippen LogP contribution in [0.15, 0.2) is 48.5 Å². The van der Waals surface area contributed by atoms with Crippen molar-refractivity contribution in [3.63, 3.8) is 0 Å². The molecule has 2 aromatic rings. The summed E-state index contributed by atoms with van der Waals surface area (Å²) in [5.41, 5.74) is 2.47. The molecule has 4 nitrogen and oxygen atoms in total. The van der Waals surface area contributed by atoms with E-state index in [4.69, 9.17) is 10.00 Å². The van der Waals surface area contributed by atoms with Gasteiger partial charge in [-0.1, -0.05) is 25.5 Å². The van der Waals surface area contributed by atoms with Crippen LogP contribution in [0.25, 0.3) is 0 Å². The van der Waals surface area contributed by atoms with E-state index < -0.39 is 6.09 Å². The van der Waals surface area contributed by atoms with Gasteiger partial charge in [0.05, 0.1) is 11.6 Å². The van der Waals surface area contributed by atoms with Gasteiger partial charge in [0.2, 0.25) is 0 Å². The van der Waals surface area contributed by atoms with Crippen LogP contribution in [0.1, 0.15) is 30.9 Å². The minimum absolute atomic E-state index is 0.399. The van der Waals surface area contributed by atoms with E-state index in [1.807, 2.05) is 30.3 Å². The average molecular weight is 294 g/mol. The summed E-state index contributed by atoms with van der Waals surface area (Å²) < 4.78 is 5.15. The molecule has 1 N–H and O–H groups in total. The van der Waals surface area contributed by atoms with Crippen molar-refractivity contribution in [3.8, 4) is 11.8 Å². The van der Waals surface area contributed by atoms with Crippen LogP contribution in [-0.4, -0.2) is 6.09 Å². The summed E-state index contributed by atoms with van der Waals surface area (Å²) in [6, 6.07) is 16.1. The van der Waals surface area contributed by atoms with E-state index in [2.05, 4.69) is 12.2 Å². The van der Waals surface area contributed by atoms with E-state index in [1.165, 1.54) is 5.56 Å². The zero-order valence-corrected chi connectivity index (χ0v) is 12.5.